The fourth-order valence-corrected chi connectivity index (χ4v) is 1.60. The zero-order valence-electron chi connectivity index (χ0n) is 8.57. The van der Waals surface area contributed by atoms with Crippen LogP contribution in [0.15, 0.2) is 24.3 Å². The van der Waals surface area contributed by atoms with Crippen LogP contribution in [0.25, 0.3) is 0 Å². The van der Waals surface area contributed by atoms with Crippen molar-refractivity contribution in [1.82, 2.24) is 0 Å². The number of nitriles is 1. The van der Waals surface area contributed by atoms with Crippen LogP contribution in [0.2, 0.25) is 0 Å². The van der Waals surface area contributed by atoms with E-state index < -0.39 is 4.75 Å². The van der Waals surface area contributed by atoms with Gasteiger partial charge in [0.1, 0.15) is 10.5 Å². The number of ether oxygens (including phenoxy) is 1. The van der Waals surface area contributed by atoms with Crippen LogP contribution in [0.1, 0.15) is 12.5 Å². The molecule has 0 heterocycles. The smallest absolute Gasteiger partial charge is 0.124 e. The van der Waals surface area contributed by atoms with Crippen LogP contribution in [0.4, 0.5) is 0 Å². The Balaban J connectivity index is 3.12. The number of hydrogen-bond donors (Lipinski definition) is 0. The van der Waals surface area contributed by atoms with Crippen LogP contribution in [0, 0.1) is 11.3 Å². The molecule has 1 aromatic rings. The lowest BCUT2D eigenvalue weighted by Crippen LogP contribution is -2.13. The first-order valence-electron chi connectivity index (χ1n) is 4.27. The van der Waals surface area contributed by atoms with E-state index in [1.54, 1.807) is 7.11 Å². The molecule has 0 aliphatic heterocycles. The molecule has 74 valence electrons. The van der Waals surface area contributed by atoms with Crippen molar-refractivity contribution in [3.05, 3.63) is 29.8 Å². The van der Waals surface area contributed by atoms with Gasteiger partial charge in [0, 0.05) is 0 Å². The summed E-state index contributed by atoms with van der Waals surface area (Å²) >= 11 is 1.53. The zero-order chi connectivity index (χ0) is 10.6. The van der Waals surface area contributed by atoms with Crippen molar-refractivity contribution in [3.8, 4) is 11.8 Å². The molecular weight excluding hydrogens is 194 g/mol. The van der Waals surface area contributed by atoms with E-state index in [1.807, 2.05) is 37.4 Å². The van der Waals surface area contributed by atoms with E-state index in [-0.39, 0.29) is 0 Å². The van der Waals surface area contributed by atoms with Crippen molar-refractivity contribution in [3.63, 3.8) is 0 Å². The Morgan fingerprint density at radius 1 is 1.50 bits per heavy atom. The summed E-state index contributed by atoms with van der Waals surface area (Å²) in [4.78, 5) is 0. The largest absolute Gasteiger partial charge is 0.497 e. The molecule has 0 bridgehead atoms. The highest BCUT2D eigenvalue weighted by molar-refractivity contribution is 7.99. The van der Waals surface area contributed by atoms with Gasteiger partial charge in [-0.25, -0.2) is 0 Å². The second-order valence-corrected chi connectivity index (χ2v) is 4.31. The molecule has 0 N–H and O–H groups in total. The van der Waals surface area contributed by atoms with Gasteiger partial charge in [0.25, 0.3) is 0 Å². The second kappa shape index (κ2) is 4.39. The van der Waals surface area contributed by atoms with Crippen LogP contribution in [0.3, 0.4) is 0 Å². The van der Waals surface area contributed by atoms with E-state index in [4.69, 9.17) is 10.00 Å². The van der Waals surface area contributed by atoms with Crippen molar-refractivity contribution >= 4 is 11.8 Å². The Hall–Kier alpha value is -1.14. The summed E-state index contributed by atoms with van der Waals surface area (Å²) < 4.78 is 4.63. The standard InChI is InChI=1S/C11H13NOS/c1-11(8-12,14-3)9-5-4-6-10(7-9)13-2/h4-7H,1-3H3. The van der Waals surface area contributed by atoms with E-state index in [2.05, 4.69) is 6.07 Å². The molecule has 0 aliphatic rings. The number of benzene rings is 1. The third-order valence-corrected chi connectivity index (χ3v) is 3.39. The summed E-state index contributed by atoms with van der Waals surface area (Å²) in [6, 6.07) is 9.93. The molecular formula is C11H13NOS. The molecule has 0 aliphatic carbocycles. The van der Waals surface area contributed by atoms with Gasteiger partial charge in [-0.2, -0.15) is 5.26 Å². The van der Waals surface area contributed by atoms with Crippen molar-refractivity contribution in [2.24, 2.45) is 0 Å². The maximum atomic E-state index is 9.09. The van der Waals surface area contributed by atoms with E-state index in [9.17, 15) is 0 Å². The summed E-state index contributed by atoms with van der Waals surface area (Å²) in [6.07, 6.45) is 1.93. The van der Waals surface area contributed by atoms with Crippen LogP contribution in [0.5, 0.6) is 5.75 Å². The van der Waals surface area contributed by atoms with Gasteiger partial charge in [0.2, 0.25) is 0 Å². The Labute approximate surface area is 88.9 Å². The van der Waals surface area contributed by atoms with Crippen LogP contribution in [-0.2, 0) is 4.75 Å². The van der Waals surface area contributed by atoms with Crippen molar-refractivity contribution < 1.29 is 4.74 Å². The first-order valence-corrected chi connectivity index (χ1v) is 5.49. The van der Waals surface area contributed by atoms with E-state index in [0.717, 1.165) is 11.3 Å². The summed E-state index contributed by atoms with van der Waals surface area (Å²) in [5, 5.41) is 9.09. The first kappa shape index (κ1) is 10.9. The number of rotatable bonds is 3. The van der Waals surface area contributed by atoms with Crippen LogP contribution >= 0.6 is 11.8 Å². The monoisotopic (exact) mass is 207 g/mol. The predicted octanol–water partition coefficient (Wildman–Crippen LogP) is 2.80. The van der Waals surface area contributed by atoms with Crippen molar-refractivity contribution in [2.75, 3.05) is 13.4 Å². The fourth-order valence-electron chi connectivity index (χ4n) is 1.15. The zero-order valence-corrected chi connectivity index (χ0v) is 9.39. The molecule has 3 heteroatoms. The Morgan fingerprint density at radius 3 is 2.71 bits per heavy atom. The molecule has 0 amide bonds. The molecule has 1 atom stereocenters. The van der Waals surface area contributed by atoms with Crippen LogP contribution in [-0.4, -0.2) is 13.4 Å². The lowest BCUT2D eigenvalue weighted by Gasteiger charge is -2.19. The van der Waals surface area contributed by atoms with Gasteiger partial charge >= 0.3 is 0 Å². The molecule has 0 spiro atoms. The topological polar surface area (TPSA) is 33.0 Å². The molecule has 1 unspecified atom stereocenters. The maximum Gasteiger partial charge on any atom is 0.124 e. The highest BCUT2D eigenvalue weighted by atomic mass is 32.2. The SMILES string of the molecule is COc1cccc(C(C)(C#N)SC)c1. The number of thioether (sulfide) groups is 1. The second-order valence-electron chi connectivity index (χ2n) is 3.08. The normalized spacial score (nSPS) is 14.1. The molecule has 0 fully saturated rings. The Kier molecular flexibility index (Phi) is 3.43. The molecule has 0 saturated carbocycles. The van der Waals surface area contributed by atoms with Gasteiger partial charge < -0.3 is 4.74 Å². The first-order chi connectivity index (χ1) is 6.66. The van der Waals surface area contributed by atoms with Crippen molar-refractivity contribution in [2.45, 2.75) is 11.7 Å². The summed E-state index contributed by atoms with van der Waals surface area (Å²) in [5.74, 6) is 0.790. The fraction of sp³-hybridized carbons (Fsp3) is 0.364. The molecule has 14 heavy (non-hydrogen) atoms. The molecule has 1 aromatic carbocycles. The van der Waals surface area contributed by atoms with Gasteiger partial charge in [-0.15, -0.1) is 11.8 Å². The molecule has 0 saturated heterocycles. The minimum atomic E-state index is -0.492. The van der Waals surface area contributed by atoms with Crippen molar-refractivity contribution in [1.29, 1.82) is 5.26 Å². The Morgan fingerprint density at radius 2 is 2.21 bits per heavy atom. The highest BCUT2D eigenvalue weighted by Crippen LogP contribution is 2.34. The number of hydrogen-bond acceptors (Lipinski definition) is 3. The van der Waals surface area contributed by atoms with Gasteiger partial charge in [-0.3, -0.25) is 0 Å². The highest BCUT2D eigenvalue weighted by Gasteiger charge is 2.25. The summed E-state index contributed by atoms with van der Waals surface area (Å²) in [5.41, 5.74) is 0.979. The Bertz CT molecular complexity index is 359. The van der Waals surface area contributed by atoms with Gasteiger partial charge in [-0.05, 0) is 30.9 Å². The van der Waals surface area contributed by atoms with E-state index in [0.29, 0.717) is 0 Å². The minimum absolute atomic E-state index is 0.492. The predicted molar refractivity (Wildman–Crippen MR) is 59.5 cm³/mol. The van der Waals surface area contributed by atoms with Gasteiger partial charge in [0.15, 0.2) is 0 Å². The number of nitrogens with zero attached hydrogens (tertiary/aromatic N) is 1. The quantitative estimate of drug-likeness (QED) is 0.764. The minimum Gasteiger partial charge on any atom is -0.497 e. The summed E-state index contributed by atoms with van der Waals surface area (Å²) in [6.45, 7) is 1.91. The third kappa shape index (κ3) is 2.02. The summed E-state index contributed by atoms with van der Waals surface area (Å²) in [7, 11) is 1.63. The average Bonchev–Trinajstić information content (AvgIpc) is 2.28. The average molecular weight is 207 g/mol. The molecule has 2 nitrogen and oxygen atoms in total. The lowest BCUT2D eigenvalue weighted by molar-refractivity contribution is 0.414. The van der Waals surface area contributed by atoms with Gasteiger partial charge in [0.05, 0.1) is 13.2 Å². The molecule has 0 aromatic heterocycles. The maximum absolute atomic E-state index is 9.09. The van der Waals surface area contributed by atoms with Gasteiger partial charge in [-0.1, -0.05) is 12.1 Å². The third-order valence-electron chi connectivity index (χ3n) is 2.24. The lowest BCUT2D eigenvalue weighted by atomic mass is 10.0. The van der Waals surface area contributed by atoms with Crippen LogP contribution < -0.4 is 4.74 Å². The molecule has 0 radical (unpaired) electrons. The molecule has 1 rings (SSSR count). The van der Waals surface area contributed by atoms with E-state index in [1.165, 1.54) is 11.8 Å². The van der Waals surface area contributed by atoms with E-state index >= 15 is 0 Å². The number of methoxy groups -OCH3 is 1.